The van der Waals surface area contributed by atoms with Gasteiger partial charge in [0.15, 0.2) is 0 Å². The zero-order chi connectivity index (χ0) is 16.9. The predicted octanol–water partition coefficient (Wildman–Crippen LogP) is 4.55. The Morgan fingerprint density at radius 3 is 2.83 bits per heavy atom. The maximum absolute atomic E-state index is 12.2. The summed E-state index contributed by atoms with van der Waals surface area (Å²) in [6.07, 6.45) is 4.79. The summed E-state index contributed by atoms with van der Waals surface area (Å²) in [7, 11) is 1.60. The first-order valence-electron chi connectivity index (χ1n) is 7.34. The Kier molecular flexibility index (Phi) is 4.77. The fraction of sp³-hybridized carbons (Fsp3) is 0.0526. The highest BCUT2D eigenvalue weighted by molar-refractivity contribution is 6.32. The molecule has 0 aliphatic carbocycles. The molecule has 120 valence electrons. The van der Waals surface area contributed by atoms with Gasteiger partial charge in [0.25, 0.3) is 0 Å². The minimum absolute atomic E-state index is 0.245. The highest BCUT2D eigenvalue weighted by Gasteiger charge is 2.06. The highest BCUT2D eigenvalue weighted by atomic mass is 35.5. The third kappa shape index (κ3) is 3.55. The number of benzene rings is 2. The number of carbonyl (C=O) groups is 1. The molecule has 5 heteroatoms. The number of hydrogen-bond acceptors (Lipinski definition) is 3. The van der Waals surface area contributed by atoms with Crippen LogP contribution in [0.1, 0.15) is 5.56 Å². The fourth-order valence-corrected chi connectivity index (χ4v) is 2.51. The lowest BCUT2D eigenvalue weighted by Crippen LogP contribution is -2.08. The van der Waals surface area contributed by atoms with Gasteiger partial charge < -0.3 is 10.1 Å². The number of hydrogen-bond donors (Lipinski definition) is 1. The molecule has 3 rings (SSSR count). The summed E-state index contributed by atoms with van der Waals surface area (Å²) in [6, 6.07) is 14.6. The van der Waals surface area contributed by atoms with E-state index >= 15 is 0 Å². The molecule has 1 aromatic heterocycles. The average molecular weight is 339 g/mol. The largest absolute Gasteiger partial charge is 0.497 e. The highest BCUT2D eigenvalue weighted by Crippen LogP contribution is 2.26. The molecule has 2 aromatic carbocycles. The number of methoxy groups -OCH3 is 1. The molecule has 0 atom stereocenters. The summed E-state index contributed by atoms with van der Waals surface area (Å²) in [6.45, 7) is 0. The van der Waals surface area contributed by atoms with Crippen molar-refractivity contribution in [1.29, 1.82) is 0 Å². The molecule has 24 heavy (non-hydrogen) atoms. The van der Waals surface area contributed by atoms with Gasteiger partial charge in [-0.05, 0) is 42.0 Å². The van der Waals surface area contributed by atoms with Gasteiger partial charge in [0, 0.05) is 22.7 Å². The third-order valence-electron chi connectivity index (χ3n) is 3.53. The molecule has 0 bridgehead atoms. The van der Waals surface area contributed by atoms with Crippen molar-refractivity contribution in [1.82, 2.24) is 4.98 Å². The van der Waals surface area contributed by atoms with Gasteiger partial charge in [0.05, 0.1) is 18.3 Å². The number of aromatic nitrogens is 1. The van der Waals surface area contributed by atoms with Crippen LogP contribution in [0.4, 0.5) is 5.69 Å². The van der Waals surface area contributed by atoms with E-state index in [4.69, 9.17) is 16.3 Å². The predicted molar refractivity (Wildman–Crippen MR) is 97.4 cm³/mol. The SMILES string of the molecule is COc1ccc2nccc(NC(=O)/C=C/c3ccccc3Cl)c2c1. The van der Waals surface area contributed by atoms with Gasteiger partial charge in [0.1, 0.15) is 5.75 Å². The van der Waals surface area contributed by atoms with Crippen LogP contribution in [0.2, 0.25) is 5.02 Å². The van der Waals surface area contributed by atoms with Gasteiger partial charge in [-0.15, -0.1) is 0 Å². The Morgan fingerprint density at radius 2 is 2.04 bits per heavy atom. The van der Waals surface area contributed by atoms with Crippen LogP contribution >= 0.6 is 11.6 Å². The smallest absolute Gasteiger partial charge is 0.248 e. The van der Waals surface area contributed by atoms with E-state index in [0.717, 1.165) is 16.5 Å². The Labute approximate surface area is 144 Å². The second kappa shape index (κ2) is 7.15. The molecule has 1 N–H and O–H groups in total. The van der Waals surface area contributed by atoms with Gasteiger partial charge in [-0.3, -0.25) is 9.78 Å². The zero-order valence-electron chi connectivity index (χ0n) is 13.0. The van der Waals surface area contributed by atoms with Crippen LogP contribution in [0.3, 0.4) is 0 Å². The van der Waals surface area contributed by atoms with E-state index in [2.05, 4.69) is 10.3 Å². The monoisotopic (exact) mass is 338 g/mol. The Bertz CT molecular complexity index is 922. The minimum atomic E-state index is -0.245. The maximum atomic E-state index is 12.2. The lowest BCUT2D eigenvalue weighted by molar-refractivity contribution is -0.111. The van der Waals surface area contributed by atoms with E-state index in [1.165, 1.54) is 6.08 Å². The summed E-state index contributed by atoms with van der Waals surface area (Å²) in [5.41, 5.74) is 2.24. The van der Waals surface area contributed by atoms with Crippen molar-refractivity contribution in [2.75, 3.05) is 12.4 Å². The number of rotatable bonds is 4. The first kappa shape index (κ1) is 16.0. The Hall–Kier alpha value is -2.85. The van der Waals surface area contributed by atoms with Crippen LogP contribution in [-0.4, -0.2) is 18.0 Å². The van der Waals surface area contributed by atoms with Crippen LogP contribution in [0.25, 0.3) is 17.0 Å². The third-order valence-corrected chi connectivity index (χ3v) is 3.87. The van der Waals surface area contributed by atoms with Crippen molar-refractivity contribution in [2.24, 2.45) is 0 Å². The molecule has 0 fully saturated rings. The lowest BCUT2D eigenvalue weighted by atomic mass is 10.1. The molecule has 4 nitrogen and oxygen atoms in total. The number of ether oxygens (including phenoxy) is 1. The molecule has 0 aliphatic heterocycles. The number of nitrogens with one attached hydrogen (secondary N) is 1. The topological polar surface area (TPSA) is 51.2 Å². The number of halogens is 1. The Morgan fingerprint density at radius 1 is 1.21 bits per heavy atom. The molecule has 1 heterocycles. The quantitative estimate of drug-likeness (QED) is 0.710. The van der Waals surface area contributed by atoms with Crippen LogP contribution in [-0.2, 0) is 4.79 Å². The number of nitrogens with zero attached hydrogens (tertiary/aromatic N) is 1. The second-order valence-corrected chi connectivity index (χ2v) is 5.49. The number of amides is 1. The van der Waals surface area contributed by atoms with Crippen molar-refractivity contribution < 1.29 is 9.53 Å². The summed E-state index contributed by atoms with van der Waals surface area (Å²) >= 11 is 6.07. The summed E-state index contributed by atoms with van der Waals surface area (Å²) in [5, 5.41) is 4.28. The lowest BCUT2D eigenvalue weighted by Gasteiger charge is -2.08. The first-order chi connectivity index (χ1) is 11.7. The molecular formula is C19H15ClN2O2. The molecule has 0 aliphatic rings. The molecule has 0 unspecified atom stereocenters. The van der Waals surface area contributed by atoms with Crippen molar-refractivity contribution >= 4 is 40.2 Å². The zero-order valence-corrected chi connectivity index (χ0v) is 13.7. The van der Waals surface area contributed by atoms with Gasteiger partial charge in [0.2, 0.25) is 5.91 Å². The summed E-state index contributed by atoms with van der Waals surface area (Å²) in [5.74, 6) is 0.461. The van der Waals surface area contributed by atoms with E-state index < -0.39 is 0 Å². The molecule has 1 amide bonds. The van der Waals surface area contributed by atoms with Crippen molar-refractivity contribution in [2.45, 2.75) is 0 Å². The minimum Gasteiger partial charge on any atom is -0.497 e. The fourth-order valence-electron chi connectivity index (χ4n) is 2.31. The Balaban J connectivity index is 1.84. The van der Waals surface area contributed by atoms with E-state index in [-0.39, 0.29) is 5.91 Å². The van der Waals surface area contributed by atoms with E-state index in [9.17, 15) is 4.79 Å². The number of anilines is 1. The van der Waals surface area contributed by atoms with Crippen LogP contribution in [0.15, 0.2) is 60.8 Å². The average Bonchev–Trinajstić information content (AvgIpc) is 2.61. The molecular weight excluding hydrogens is 324 g/mol. The van der Waals surface area contributed by atoms with E-state index in [1.54, 1.807) is 31.5 Å². The van der Waals surface area contributed by atoms with Crippen LogP contribution < -0.4 is 10.1 Å². The molecule has 3 aromatic rings. The van der Waals surface area contributed by atoms with Crippen LogP contribution in [0, 0.1) is 0 Å². The van der Waals surface area contributed by atoms with Gasteiger partial charge in [-0.1, -0.05) is 29.8 Å². The number of carbonyl (C=O) groups excluding carboxylic acids is 1. The van der Waals surface area contributed by atoms with Gasteiger partial charge in [-0.25, -0.2) is 0 Å². The molecule has 0 saturated carbocycles. The normalized spacial score (nSPS) is 10.9. The van der Waals surface area contributed by atoms with Gasteiger partial charge in [-0.2, -0.15) is 0 Å². The van der Waals surface area contributed by atoms with E-state index in [0.29, 0.717) is 16.5 Å². The van der Waals surface area contributed by atoms with Crippen molar-refractivity contribution in [3.8, 4) is 5.75 Å². The summed E-state index contributed by atoms with van der Waals surface area (Å²) in [4.78, 5) is 16.5. The summed E-state index contributed by atoms with van der Waals surface area (Å²) < 4.78 is 5.23. The van der Waals surface area contributed by atoms with Crippen molar-refractivity contribution in [3.63, 3.8) is 0 Å². The number of pyridine rings is 1. The van der Waals surface area contributed by atoms with Crippen molar-refractivity contribution in [3.05, 3.63) is 71.4 Å². The molecule has 0 radical (unpaired) electrons. The number of fused-ring (bicyclic) bond motifs is 1. The van der Waals surface area contributed by atoms with Gasteiger partial charge >= 0.3 is 0 Å². The molecule has 0 spiro atoms. The van der Waals surface area contributed by atoms with E-state index in [1.807, 2.05) is 36.4 Å². The first-order valence-corrected chi connectivity index (χ1v) is 7.71. The molecule has 0 saturated heterocycles. The second-order valence-electron chi connectivity index (χ2n) is 5.09. The standard InChI is InChI=1S/C19H15ClN2O2/c1-24-14-7-8-17-15(12-14)18(10-11-21-17)22-19(23)9-6-13-4-2-3-5-16(13)20/h2-12H,1H3,(H,21,22,23)/b9-6+. The maximum Gasteiger partial charge on any atom is 0.248 e. The van der Waals surface area contributed by atoms with Crippen LogP contribution in [0.5, 0.6) is 5.75 Å².